The third-order valence-corrected chi connectivity index (χ3v) is 7.60. The van der Waals surface area contributed by atoms with Gasteiger partial charge >= 0.3 is 0 Å². The van der Waals surface area contributed by atoms with Gasteiger partial charge in [0, 0.05) is 20.2 Å². The van der Waals surface area contributed by atoms with Crippen LogP contribution in [0.3, 0.4) is 0 Å². The van der Waals surface area contributed by atoms with E-state index in [1.165, 1.54) is 80.1 Å². The Morgan fingerprint density at radius 2 is 1.46 bits per heavy atom. The number of rotatable bonds is 7. The fourth-order valence-electron chi connectivity index (χ4n) is 3.63. The summed E-state index contributed by atoms with van der Waals surface area (Å²) in [5.41, 5.74) is 2.22. The second-order valence-corrected chi connectivity index (χ2v) is 9.14. The fraction of sp³-hybridized carbons (Fsp3) is 0.348. The van der Waals surface area contributed by atoms with Crippen molar-refractivity contribution in [2.75, 3.05) is 0 Å². The first-order valence-electron chi connectivity index (χ1n) is 9.58. The van der Waals surface area contributed by atoms with E-state index in [0.29, 0.717) is 0 Å². The molecule has 132 valence electrons. The van der Waals surface area contributed by atoms with Gasteiger partial charge in [-0.15, -0.1) is 22.7 Å². The predicted octanol–water partition coefficient (Wildman–Crippen LogP) is 8.04. The highest BCUT2D eigenvalue weighted by Gasteiger charge is 2.12. The number of benzene rings is 2. The van der Waals surface area contributed by atoms with E-state index >= 15 is 0 Å². The Bertz CT molecular complexity index is 1090. The van der Waals surface area contributed by atoms with Crippen molar-refractivity contribution in [3.63, 3.8) is 0 Å². The van der Waals surface area contributed by atoms with Gasteiger partial charge in [-0.1, -0.05) is 57.2 Å². The molecule has 2 aromatic heterocycles. The highest BCUT2D eigenvalue weighted by Crippen LogP contribution is 2.44. The molecule has 0 radical (unpaired) electrons. The molecular weight excluding hydrogens is 354 g/mol. The molecule has 0 spiro atoms. The average molecular weight is 378 g/mol. The summed E-state index contributed by atoms with van der Waals surface area (Å²) in [5, 5.41) is 11.8. The Kier molecular flexibility index (Phi) is 5.24. The van der Waals surface area contributed by atoms with Crippen LogP contribution in [-0.2, 0) is 6.42 Å². The van der Waals surface area contributed by atoms with E-state index in [0.717, 1.165) is 5.56 Å². The summed E-state index contributed by atoms with van der Waals surface area (Å²) in [6.07, 6.45) is 9.30. The van der Waals surface area contributed by atoms with Crippen molar-refractivity contribution in [3.05, 3.63) is 47.5 Å². The third-order valence-electron chi connectivity index (χ3n) is 5.10. The van der Waals surface area contributed by atoms with Gasteiger partial charge in [-0.05, 0) is 36.6 Å². The van der Waals surface area contributed by atoms with Gasteiger partial charge in [-0.3, -0.25) is 0 Å². The zero-order valence-electron chi connectivity index (χ0n) is 15.2. The smallest absolute Gasteiger partial charge is 0.0992 e. The summed E-state index contributed by atoms with van der Waals surface area (Å²) in [6, 6.07) is 15.3. The summed E-state index contributed by atoms with van der Waals surface area (Å²) in [7, 11) is 0. The Morgan fingerprint density at radius 3 is 2.19 bits per heavy atom. The third kappa shape index (κ3) is 3.37. The Morgan fingerprint density at radius 1 is 0.808 bits per heavy atom. The van der Waals surface area contributed by atoms with Crippen LogP contribution in [0.15, 0.2) is 36.4 Å². The zero-order chi connectivity index (χ0) is 17.9. The summed E-state index contributed by atoms with van der Waals surface area (Å²) in [5.74, 6) is 0. The van der Waals surface area contributed by atoms with Gasteiger partial charge in [-0.25, -0.2) is 0 Å². The van der Waals surface area contributed by atoms with Crippen LogP contribution in [0.25, 0.3) is 29.6 Å². The SMILES string of the molecule is CCCCCCCCc1ccc2c(c1)sc1c3ccc(C#N)cc3sc21. The molecule has 4 rings (SSSR count). The monoisotopic (exact) mass is 377 g/mol. The van der Waals surface area contributed by atoms with Crippen LogP contribution in [0, 0.1) is 11.3 Å². The van der Waals surface area contributed by atoms with E-state index in [2.05, 4.69) is 37.3 Å². The van der Waals surface area contributed by atoms with E-state index in [4.69, 9.17) is 5.26 Å². The van der Waals surface area contributed by atoms with Crippen LogP contribution in [0.2, 0.25) is 0 Å². The molecule has 0 aliphatic heterocycles. The number of hydrogen-bond donors (Lipinski definition) is 0. The highest BCUT2D eigenvalue weighted by molar-refractivity contribution is 7.36. The van der Waals surface area contributed by atoms with E-state index in [1.807, 2.05) is 34.8 Å². The highest BCUT2D eigenvalue weighted by atomic mass is 32.1. The van der Waals surface area contributed by atoms with Gasteiger partial charge in [0.05, 0.1) is 21.0 Å². The summed E-state index contributed by atoms with van der Waals surface area (Å²) >= 11 is 3.72. The van der Waals surface area contributed by atoms with Crippen LogP contribution in [0.1, 0.15) is 56.6 Å². The summed E-state index contributed by atoms with van der Waals surface area (Å²) < 4.78 is 5.38. The Labute approximate surface area is 162 Å². The van der Waals surface area contributed by atoms with E-state index < -0.39 is 0 Å². The minimum atomic E-state index is 0.747. The van der Waals surface area contributed by atoms with Crippen LogP contribution in [0.5, 0.6) is 0 Å². The molecule has 4 aromatic rings. The zero-order valence-corrected chi connectivity index (χ0v) is 16.8. The van der Waals surface area contributed by atoms with Gasteiger partial charge < -0.3 is 0 Å². The lowest BCUT2D eigenvalue weighted by Gasteiger charge is -2.02. The van der Waals surface area contributed by atoms with Crippen LogP contribution in [0.4, 0.5) is 0 Å². The van der Waals surface area contributed by atoms with E-state index in [-0.39, 0.29) is 0 Å². The Balaban J connectivity index is 1.57. The van der Waals surface area contributed by atoms with Crippen molar-refractivity contribution in [1.29, 1.82) is 5.26 Å². The van der Waals surface area contributed by atoms with Gasteiger partial charge in [0.2, 0.25) is 0 Å². The van der Waals surface area contributed by atoms with Crippen LogP contribution in [-0.4, -0.2) is 0 Å². The maximum absolute atomic E-state index is 9.11. The number of nitrogens with zero attached hydrogens (tertiary/aromatic N) is 1. The molecule has 0 bridgehead atoms. The number of thiophene rings is 2. The van der Waals surface area contributed by atoms with Gasteiger partial charge in [0.15, 0.2) is 0 Å². The lowest BCUT2D eigenvalue weighted by molar-refractivity contribution is 0.607. The second-order valence-electron chi connectivity index (χ2n) is 7.03. The topological polar surface area (TPSA) is 23.8 Å². The standard InChI is InChI=1S/C23H23NS2/c1-2-3-4-5-6-7-8-16-9-11-18-20(13-16)25-23-19-12-10-17(15-24)14-21(19)26-22(18)23/h9-14H,2-8H2,1H3. The lowest BCUT2D eigenvalue weighted by Crippen LogP contribution is -1.85. The molecular formula is C23H23NS2. The molecule has 0 N–H and O–H groups in total. The van der Waals surface area contributed by atoms with Gasteiger partial charge in [-0.2, -0.15) is 5.26 Å². The van der Waals surface area contributed by atoms with Gasteiger partial charge in [0.1, 0.15) is 0 Å². The summed E-state index contributed by atoms with van der Waals surface area (Å²) in [4.78, 5) is 0. The van der Waals surface area contributed by atoms with Crippen molar-refractivity contribution >= 4 is 52.2 Å². The van der Waals surface area contributed by atoms with Gasteiger partial charge in [0.25, 0.3) is 0 Å². The van der Waals surface area contributed by atoms with E-state index in [1.54, 1.807) is 0 Å². The number of fused-ring (bicyclic) bond motifs is 5. The normalized spacial score (nSPS) is 11.5. The predicted molar refractivity (Wildman–Crippen MR) is 117 cm³/mol. The van der Waals surface area contributed by atoms with Crippen molar-refractivity contribution in [3.8, 4) is 6.07 Å². The maximum Gasteiger partial charge on any atom is 0.0992 e. The molecule has 0 fully saturated rings. The minimum absolute atomic E-state index is 0.747. The summed E-state index contributed by atoms with van der Waals surface area (Å²) in [6.45, 7) is 2.27. The molecule has 0 aliphatic carbocycles. The molecule has 0 saturated heterocycles. The lowest BCUT2D eigenvalue weighted by atomic mass is 10.0. The van der Waals surface area contributed by atoms with Crippen molar-refractivity contribution in [2.45, 2.75) is 51.9 Å². The number of aryl methyl sites for hydroxylation is 1. The molecule has 0 aliphatic rings. The molecule has 0 saturated carbocycles. The number of nitriles is 1. The molecule has 1 nitrogen and oxygen atoms in total. The number of hydrogen-bond acceptors (Lipinski definition) is 3. The molecule has 26 heavy (non-hydrogen) atoms. The van der Waals surface area contributed by atoms with Crippen LogP contribution < -0.4 is 0 Å². The molecule has 3 heteroatoms. The molecule has 0 amide bonds. The first kappa shape index (κ1) is 17.5. The second kappa shape index (κ2) is 7.78. The van der Waals surface area contributed by atoms with E-state index in [9.17, 15) is 0 Å². The first-order chi connectivity index (χ1) is 12.8. The molecule has 2 heterocycles. The Hall–Kier alpha value is -1.89. The maximum atomic E-state index is 9.11. The minimum Gasteiger partial charge on any atom is -0.192 e. The largest absolute Gasteiger partial charge is 0.192 e. The average Bonchev–Trinajstić information content (AvgIpc) is 3.19. The molecule has 0 unspecified atom stereocenters. The van der Waals surface area contributed by atoms with Crippen molar-refractivity contribution < 1.29 is 0 Å². The first-order valence-corrected chi connectivity index (χ1v) is 11.2. The fourth-order valence-corrected chi connectivity index (χ4v) is 6.39. The molecule has 0 atom stereocenters. The van der Waals surface area contributed by atoms with Crippen molar-refractivity contribution in [1.82, 2.24) is 0 Å². The molecule has 2 aromatic carbocycles. The van der Waals surface area contributed by atoms with Crippen LogP contribution >= 0.6 is 22.7 Å². The van der Waals surface area contributed by atoms with Crippen molar-refractivity contribution in [2.24, 2.45) is 0 Å². The number of unbranched alkanes of at least 4 members (excludes halogenated alkanes) is 5. The quantitative estimate of drug-likeness (QED) is 0.299.